The molecule has 1 amide bonds. The molecular formula is C17H19N5O3. The summed E-state index contributed by atoms with van der Waals surface area (Å²) in [5.41, 5.74) is 0. The highest BCUT2D eigenvalue weighted by Crippen LogP contribution is 2.22. The molecule has 4 heterocycles. The third-order valence-electron chi connectivity index (χ3n) is 4.41. The Labute approximate surface area is 144 Å². The van der Waals surface area contributed by atoms with E-state index in [4.69, 9.17) is 8.94 Å². The van der Waals surface area contributed by atoms with Gasteiger partial charge in [0.15, 0.2) is 5.76 Å². The van der Waals surface area contributed by atoms with Gasteiger partial charge in [-0.25, -0.2) is 0 Å². The molecule has 1 unspecified atom stereocenters. The smallest absolute Gasteiger partial charge is 0.238 e. The Bertz CT molecular complexity index is 809. The van der Waals surface area contributed by atoms with Gasteiger partial charge in [0.05, 0.1) is 12.3 Å². The number of carbonyl (C=O) groups excluding carboxylic acids is 1. The zero-order valence-corrected chi connectivity index (χ0v) is 13.7. The molecule has 25 heavy (non-hydrogen) atoms. The molecule has 0 radical (unpaired) electrons. The Hall–Kier alpha value is -2.90. The van der Waals surface area contributed by atoms with E-state index in [0.717, 1.165) is 19.4 Å². The molecular weight excluding hydrogens is 322 g/mol. The van der Waals surface area contributed by atoms with E-state index in [9.17, 15) is 4.79 Å². The van der Waals surface area contributed by atoms with Gasteiger partial charge in [-0.2, -0.15) is 10.1 Å². The summed E-state index contributed by atoms with van der Waals surface area (Å²) < 4.78 is 12.4. The van der Waals surface area contributed by atoms with Gasteiger partial charge in [0, 0.05) is 38.3 Å². The number of hydrogen-bond acceptors (Lipinski definition) is 6. The van der Waals surface area contributed by atoms with Crippen LogP contribution >= 0.6 is 0 Å². The van der Waals surface area contributed by atoms with Crippen LogP contribution in [0.25, 0.3) is 11.6 Å². The molecule has 3 aromatic heterocycles. The fourth-order valence-corrected chi connectivity index (χ4v) is 3.13. The normalized spacial score (nSPS) is 17.8. The van der Waals surface area contributed by atoms with Crippen LogP contribution in [0.4, 0.5) is 0 Å². The van der Waals surface area contributed by atoms with Crippen LogP contribution in [0.5, 0.6) is 0 Å². The lowest BCUT2D eigenvalue weighted by molar-refractivity contribution is -0.133. The van der Waals surface area contributed by atoms with Crippen LogP contribution in [0.2, 0.25) is 0 Å². The minimum absolute atomic E-state index is 0.106. The van der Waals surface area contributed by atoms with E-state index in [1.807, 2.05) is 21.8 Å². The number of rotatable bonds is 5. The lowest BCUT2D eigenvalue weighted by Gasteiger charge is -2.32. The molecule has 1 aliphatic heterocycles. The van der Waals surface area contributed by atoms with Crippen molar-refractivity contribution in [1.82, 2.24) is 24.8 Å². The molecule has 1 aliphatic rings. The van der Waals surface area contributed by atoms with Crippen molar-refractivity contribution in [2.45, 2.75) is 31.7 Å². The fourth-order valence-electron chi connectivity index (χ4n) is 3.13. The van der Waals surface area contributed by atoms with Gasteiger partial charge in [-0.05, 0) is 31.0 Å². The lowest BCUT2D eigenvalue weighted by Crippen LogP contribution is -2.40. The molecule has 3 aromatic rings. The maximum Gasteiger partial charge on any atom is 0.238 e. The number of amides is 1. The molecule has 8 nitrogen and oxygen atoms in total. The molecule has 4 rings (SSSR count). The van der Waals surface area contributed by atoms with Crippen molar-refractivity contribution in [3.8, 4) is 11.6 Å². The first-order valence-electron chi connectivity index (χ1n) is 8.43. The number of furan rings is 1. The summed E-state index contributed by atoms with van der Waals surface area (Å²) in [4.78, 5) is 18.7. The van der Waals surface area contributed by atoms with Gasteiger partial charge in [-0.1, -0.05) is 5.16 Å². The first-order valence-corrected chi connectivity index (χ1v) is 8.43. The summed E-state index contributed by atoms with van der Waals surface area (Å²) in [7, 11) is 0. The monoisotopic (exact) mass is 341 g/mol. The average molecular weight is 341 g/mol. The van der Waals surface area contributed by atoms with Crippen LogP contribution in [0.15, 0.2) is 45.8 Å². The molecule has 0 spiro atoms. The molecule has 0 aromatic carbocycles. The largest absolute Gasteiger partial charge is 0.461 e. The Morgan fingerprint density at radius 2 is 2.32 bits per heavy atom. The van der Waals surface area contributed by atoms with Crippen molar-refractivity contribution >= 4 is 5.91 Å². The quantitative estimate of drug-likeness (QED) is 0.707. The standard InChI is InChI=1S/C17H19N5O3/c23-16(21-9-1-4-13(12-21)22-10-3-8-18-22)7-6-15-19-17(20-25-15)14-5-2-11-24-14/h2-3,5,8,10-11,13H,1,4,6-7,9,12H2. The van der Waals surface area contributed by atoms with Gasteiger partial charge in [0.25, 0.3) is 0 Å². The first-order chi connectivity index (χ1) is 12.3. The number of nitrogens with zero attached hydrogens (tertiary/aromatic N) is 5. The molecule has 1 fully saturated rings. The molecule has 0 saturated carbocycles. The van der Waals surface area contributed by atoms with E-state index in [1.165, 1.54) is 0 Å². The Morgan fingerprint density at radius 1 is 1.36 bits per heavy atom. The second kappa shape index (κ2) is 6.92. The van der Waals surface area contributed by atoms with Crippen molar-refractivity contribution in [2.24, 2.45) is 0 Å². The van der Waals surface area contributed by atoms with Crippen molar-refractivity contribution < 1.29 is 13.7 Å². The van der Waals surface area contributed by atoms with Gasteiger partial charge >= 0.3 is 0 Å². The van der Waals surface area contributed by atoms with E-state index in [1.54, 1.807) is 24.6 Å². The van der Waals surface area contributed by atoms with Crippen LogP contribution in [-0.2, 0) is 11.2 Å². The SMILES string of the molecule is O=C(CCc1nc(-c2ccco2)no1)N1CCCC(n2cccn2)C1. The number of carbonyl (C=O) groups is 1. The average Bonchev–Trinajstić information content (AvgIpc) is 3.42. The van der Waals surface area contributed by atoms with E-state index in [0.29, 0.717) is 36.9 Å². The molecule has 1 saturated heterocycles. The van der Waals surface area contributed by atoms with Crippen molar-refractivity contribution in [1.29, 1.82) is 0 Å². The second-order valence-corrected chi connectivity index (χ2v) is 6.11. The zero-order chi connectivity index (χ0) is 17.1. The summed E-state index contributed by atoms with van der Waals surface area (Å²) in [6.45, 7) is 1.49. The van der Waals surface area contributed by atoms with E-state index >= 15 is 0 Å². The first kappa shape index (κ1) is 15.6. The molecule has 1 atom stereocenters. The summed E-state index contributed by atoms with van der Waals surface area (Å²) in [5.74, 6) is 1.51. The van der Waals surface area contributed by atoms with Crippen LogP contribution < -0.4 is 0 Å². The van der Waals surface area contributed by atoms with Gasteiger partial charge in [0.1, 0.15) is 0 Å². The number of aromatic nitrogens is 4. The van der Waals surface area contributed by atoms with Crippen LogP contribution in [0, 0.1) is 0 Å². The van der Waals surface area contributed by atoms with Crippen molar-refractivity contribution in [3.05, 3.63) is 42.7 Å². The number of likely N-dealkylation sites (tertiary alicyclic amines) is 1. The van der Waals surface area contributed by atoms with E-state index in [-0.39, 0.29) is 11.9 Å². The maximum atomic E-state index is 12.5. The Balaban J connectivity index is 1.33. The summed E-state index contributed by atoms with van der Waals surface area (Å²) in [5, 5.41) is 8.17. The third kappa shape index (κ3) is 3.47. The fraction of sp³-hybridized carbons (Fsp3) is 0.412. The number of piperidine rings is 1. The van der Waals surface area contributed by atoms with Gasteiger partial charge < -0.3 is 13.8 Å². The molecule has 8 heteroatoms. The highest BCUT2D eigenvalue weighted by molar-refractivity contribution is 5.76. The van der Waals surface area contributed by atoms with Crippen molar-refractivity contribution in [3.63, 3.8) is 0 Å². The third-order valence-corrected chi connectivity index (χ3v) is 4.41. The Kier molecular flexibility index (Phi) is 4.32. The molecule has 0 aliphatic carbocycles. The molecule has 130 valence electrons. The predicted molar refractivity (Wildman–Crippen MR) is 87.4 cm³/mol. The highest BCUT2D eigenvalue weighted by Gasteiger charge is 2.25. The Morgan fingerprint density at radius 3 is 3.12 bits per heavy atom. The lowest BCUT2D eigenvalue weighted by atomic mass is 10.1. The molecule has 0 bridgehead atoms. The predicted octanol–water partition coefficient (Wildman–Crippen LogP) is 2.32. The maximum absolute atomic E-state index is 12.5. The molecule has 0 N–H and O–H groups in total. The van der Waals surface area contributed by atoms with E-state index in [2.05, 4.69) is 15.2 Å². The van der Waals surface area contributed by atoms with Crippen LogP contribution in [-0.4, -0.2) is 43.8 Å². The van der Waals surface area contributed by atoms with Crippen LogP contribution in [0.1, 0.15) is 31.2 Å². The highest BCUT2D eigenvalue weighted by atomic mass is 16.5. The van der Waals surface area contributed by atoms with Crippen molar-refractivity contribution in [2.75, 3.05) is 13.1 Å². The van der Waals surface area contributed by atoms with Gasteiger partial charge in [0.2, 0.25) is 17.6 Å². The summed E-state index contributed by atoms with van der Waals surface area (Å²) >= 11 is 0. The number of aryl methyl sites for hydroxylation is 1. The summed E-state index contributed by atoms with van der Waals surface area (Å²) in [6, 6.07) is 5.69. The van der Waals surface area contributed by atoms with E-state index < -0.39 is 0 Å². The topological polar surface area (TPSA) is 90.2 Å². The minimum atomic E-state index is 0.106. The summed E-state index contributed by atoms with van der Waals surface area (Å²) in [6.07, 6.45) is 8.09. The second-order valence-electron chi connectivity index (χ2n) is 6.11. The minimum Gasteiger partial charge on any atom is -0.461 e. The zero-order valence-electron chi connectivity index (χ0n) is 13.7. The van der Waals surface area contributed by atoms with Crippen LogP contribution in [0.3, 0.4) is 0 Å². The van der Waals surface area contributed by atoms with Gasteiger partial charge in [-0.3, -0.25) is 9.48 Å². The van der Waals surface area contributed by atoms with Gasteiger partial charge in [-0.15, -0.1) is 0 Å². The number of hydrogen-bond donors (Lipinski definition) is 0.